The molecule has 4 bridgehead atoms. The Balaban J connectivity index is 1.75. The zero-order valence-corrected chi connectivity index (χ0v) is 14.3. The van der Waals surface area contributed by atoms with Gasteiger partial charge in [-0.3, -0.25) is 0 Å². The zero-order chi connectivity index (χ0) is 15.6. The largest absolute Gasteiger partial charge is 0.396 e. The van der Waals surface area contributed by atoms with Gasteiger partial charge < -0.3 is 15.6 Å². The van der Waals surface area contributed by atoms with Crippen molar-refractivity contribution in [2.24, 2.45) is 29.4 Å². The molecule has 2 aliphatic heterocycles. The van der Waals surface area contributed by atoms with Gasteiger partial charge in [0.15, 0.2) is 0 Å². The van der Waals surface area contributed by atoms with Gasteiger partial charge in [0.2, 0.25) is 0 Å². The monoisotopic (exact) mass is 307 g/mol. The highest BCUT2D eigenvalue weighted by atomic mass is 16.5. The third kappa shape index (κ3) is 1.98. The van der Waals surface area contributed by atoms with Crippen LogP contribution in [0.4, 0.5) is 0 Å². The minimum absolute atomic E-state index is 0.00801. The first-order chi connectivity index (χ1) is 10.4. The topological polar surface area (TPSA) is 55.5 Å². The van der Waals surface area contributed by atoms with Crippen LogP contribution in [0.5, 0.6) is 0 Å². The standard InChI is InChI=1S/C19H33NO2/c1-17(2)16-13-8-9-15(11-21)19(16,20)12-18(10-13,22-17)14-6-4-3-5-7-14/h13-16,21H,3-12,20H2,1-2H3/t13-,15+,16-,18-,19+/m0/s1. The summed E-state index contributed by atoms with van der Waals surface area (Å²) in [7, 11) is 0. The van der Waals surface area contributed by atoms with E-state index in [1.807, 2.05) is 0 Å². The first-order valence-electron chi connectivity index (χ1n) is 9.51. The lowest BCUT2D eigenvalue weighted by Gasteiger charge is -2.71. The molecule has 5 atom stereocenters. The molecule has 22 heavy (non-hydrogen) atoms. The first kappa shape index (κ1) is 15.4. The summed E-state index contributed by atoms with van der Waals surface area (Å²) >= 11 is 0. The summed E-state index contributed by atoms with van der Waals surface area (Å²) < 4.78 is 6.83. The van der Waals surface area contributed by atoms with Crippen molar-refractivity contribution in [2.45, 2.75) is 88.4 Å². The van der Waals surface area contributed by atoms with Crippen molar-refractivity contribution in [3.63, 3.8) is 0 Å². The SMILES string of the molecule is CC1(C)O[C@@]2(C3CCCCC3)C[C@@H]3CC[C@H](CO)[C@](N)(C2)[C@@H]31. The molecule has 0 aromatic heterocycles. The van der Waals surface area contributed by atoms with Crippen LogP contribution in [0.15, 0.2) is 0 Å². The van der Waals surface area contributed by atoms with Crippen molar-refractivity contribution in [2.75, 3.05) is 6.61 Å². The Bertz CT molecular complexity index is 445. The minimum Gasteiger partial charge on any atom is -0.396 e. The predicted octanol–water partition coefficient (Wildman–Crippen LogP) is 3.24. The molecule has 3 N–H and O–H groups in total. The van der Waals surface area contributed by atoms with E-state index in [4.69, 9.17) is 10.5 Å². The molecule has 0 radical (unpaired) electrons. The summed E-state index contributed by atoms with van der Waals surface area (Å²) in [5.74, 6) is 2.06. The molecule has 0 amide bonds. The number of ether oxygens (including phenoxy) is 1. The maximum absolute atomic E-state index is 9.94. The van der Waals surface area contributed by atoms with Crippen molar-refractivity contribution in [1.82, 2.24) is 0 Å². The summed E-state index contributed by atoms with van der Waals surface area (Å²) in [5, 5.41) is 9.94. The smallest absolute Gasteiger partial charge is 0.0738 e. The fourth-order valence-electron chi connectivity index (χ4n) is 7.22. The van der Waals surface area contributed by atoms with E-state index < -0.39 is 0 Å². The van der Waals surface area contributed by atoms with Crippen LogP contribution in [0.3, 0.4) is 0 Å². The number of aliphatic hydroxyl groups is 1. The molecule has 3 heteroatoms. The number of nitrogens with two attached hydrogens (primary N) is 1. The molecular weight excluding hydrogens is 274 g/mol. The maximum Gasteiger partial charge on any atom is 0.0738 e. The second-order valence-corrected chi connectivity index (χ2v) is 9.29. The van der Waals surface area contributed by atoms with Crippen LogP contribution in [0.1, 0.15) is 71.6 Å². The zero-order valence-electron chi connectivity index (χ0n) is 14.3. The van der Waals surface area contributed by atoms with E-state index in [-0.39, 0.29) is 29.3 Å². The highest BCUT2D eigenvalue weighted by Crippen LogP contribution is 2.65. The Hall–Kier alpha value is -0.120. The molecule has 5 fully saturated rings. The van der Waals surface area contributed by atoms with Crippen LogP contribution in [0, 0.1) is 23.7 Å². The summed E-state index contributed by atoms with van der Waals surface area (Å²) in [6.45, 7) is 4.78. The Labute approximate surface area is 135 Å². The summed E-state index contributed by atoms with van der Waals surface area (Å²) in [4.78, 5) is 0. The molecular formula is C19H33NO2. The van der Waals surface area contributed by atoms with Gasteiger partial charge >= 0.3 is 0 Å². The predicted molar refractivity (Wildman–Crippen MR) is 87.4 cm³/mol. The van der Waals surface area contributed by atoms with Gasteiger partial charge in [-0.1, -0.05) is 19.3 Å². The van der Waals surface area contributed by atoms with Crippen molar-refractivity contribution >= 4 is 0 Å². The Morgan fingerprint density at radius 1 is 1.09 bits per heavy atom. The quantitative estimate of drug-likeness (QED) is 0.823. The number of hydrogen-bond donors (Lipinski definition) is 2. The van der Waals surface area contributed by atoms with Crippen LogP contribution in [-0.2, 0) is 4.74 Å². The van der Waals surface area contributed by atoms with E-state index in [2.05, 4.69) is 13.8 Å². The summed E-state index contributed by atoms with van der Waals surface area (Å²) in [5.41, 5.74) is 6.71. The molecule has 5 rings (SSSR count). The molecule has 0 aromatic carbocycles. The molecule has 5 aliphatic rings. The molecule has 3 nitrogen and oxygen atoms in total. The number of hydrogen-bond acceptors (Lipinski definition) is 3. The molecule has 126 valence electrons. The van der Waals surface area contributed by atoms with Crippen LogP contribution >= 0.6 is 0 Å². The molecule has 0 spiro atoms. The second kappa shape index (κ2) is 4.94. The lowest BCUT2D eigenvalue weighted by atomic mass is 9.45. The number of aliphatic hydroxyl groups excluding tert-OH is 1. The van der Waals surface area contributed by atoms with E-state index in [1.54, 1.807) is 0 Å². The van der Waals surface area contributed by atoms with E-state index in [9.17, 15) is 5.11 Å². The number of fused-ring (bicyclic) bond motifs is 1. The van der Waals surface area contributed by atoms with Gasteiger partial charge in [-0.05, 0) is 64.2 Å². The molecule has 3 saturated carbocycles. The van der Waals surface area contributed by atoms with Gasteiger partial charge in [-0.25, -0.2) is 0 Å². The van der Waals surface area contributed by atoms with Gasteiger partial charge in [0.1, 0.15) is 0 Å². The van der Waals surface area contributed by atoms with Crippen molar-refractivity contribution < 1.29 is 9.84 Å². The lowest BCUT2D eigenvalue weighted by Crippen LogP contribution is -2.78. The summed E-state index contributed by atoms with van der Waals surface area (Å²) in [6.07, 6.45) is 11.3. The first-order valence-corrected chi connectivity index (χ1v) is 9.51. The normalized spacial score (nSPS) is 51.0. The fourth-order valence-corrected chi connectivity index (χ4v) is 7.22. The van der Waals surface area contributed by atoms with E-state index in [1.165, 1.54) is 44.9 Å². The molecule has 0 unspecified atom stereocenters. The van der Waals surface area contributed by atoms with E-state index >= 15 is 0 Å². The van der Waals surface area contributed by atoms with Crippen molar-refractivity contribution in [3.8, 4) is 0 Å². The van der Waals surface area contributed by atoms with Gasteiger partial charge in [-0.15, -0.1) is 0 Å². The Morgan fingerprint density at radius 3 is 2.50 bits per heavy atom. The minimum atomic E-state index is -0.213. The van der Waals surface area contributed by atoms with E-state index in [0.717, 1.165) is 12.8 Å². The Kier molecular flexibility index (Phi) is 3.46. The lowest BCUT2D eigenvalue weighted by molar-refractivity contribution is -0.320. The fraction of sp³-hybridized carbons (Fsp3) is 1.00. The van der Waals surface area contributed by atoms with Crippen LogP contribution in [-0.4, -0.2) is 28.5 Å². The van der Waals surface area contributed by atoms with Gasteiger partial charge in [0.25, 0.3) is 0 Å². The van der Waals surface area contributed by atoms with Crippen LogP contribution in [0.2, 0.25) is 0 Å². The van der Waals surface area contributed by atoms with Crippen LogP contribution < -0.4 is 5.73 Å². The van der Waals surface area contributed by atoms with Crippen molar-refractivity contribution in [1.29, 1.82) is 0 Å². The van der Waals surface area contributed by atoms with E-state index in [0.29, 0.717) is 17.8 Å². The van der Waals surface area contributed by atoms with Crippen molar-refractivity contribution in [3.05, 3.63) is 0 Å². The Morgan fingerprint density at radius 2 is 1.82 bits per heavy atom. The third-order valence-electron chi connectivity index (χ3n) is 7.69. The van der Waals surface area contributed by atoms with Gasteiger partial charge in [0, 0.05) is 24.0 Å². The van der Waals surface area contributed by atoms with Gasteiger partial charge in [0.05, 0.1) is 11.2 Å². The second-order valence-electron chi connectivity index (χ2n) is 9.29. The van der Waals surface area contributed by atoms with Gasteiger partial charge in [-0.2, -0.15) is 0 Å². The third-order valence-corrected chi connectivity index (χ3v) is 7.69. The van der Waals surface area contributed by atoms with Crippen LogP contribution in [0.25, 0.3) is 0 Å². The number of rotatable bonds is 2. The molecule has 3 aliphatic carbocycles. The summed E-state index contributed by atoms with van der Waals surface area (Å²) in [6, 6.07) is 0. The highest BCUT2D eigenvalue weighted by Gasteiger charge is 2.69. The highest BCUT2D eigenvalue weighted by molar-refractivity contribution is 5.21. The molecule has 2 heterocycles. The average Bonchev–Trinajstić information content (AvgIpc) is 2.46. The molecule has 0 aromatic rings. The maximum atomic E-state index is 9.94. The average molecular weight is 307 g/mol. The molecule has 2 saturated heterocycles.